The molecular weight excluding hydrogens is 316 g/mol. The standard InChI is InChI=1S/C20H20N2O3/c1-14-6-8-15(9-7-14)18-13-21-20(25-18)11-10-19(23)22-16-4-3-5-17(12-16)24-2/h3-9,12-13H,10-11H2,1-2H3,(H,22,23). The van der Waals surface area contributed by atoms with Crippen LogP contribution in [0.15, 0.2) is 59.1 Å². The van der Waals surface area contributed by atoms with Gasteiger partial charge in [-0.15, -0.1) is 0 Å². The molecule has 2 aromatic carbocycles. The van der Waals surface area contributed by atoms with E-state index in [0.29, 0.717) is 35.9 Å². The smallest absolute Gasteiger partial charge is 0.224 e. The number of oxazole rings is 1. The number of aromatic nitrogens is 1. The fraction of sp³-hybridized carbons (Fsp3) is 0.200. The van der Waals surface area contributed by atoms with Crippen molar-refractivity contribution in [1.82, 2.24) is 4.98 Å². The van der Waals surface area contributed by atoms with Crippen molar-refractivity contribution < 1.29 is 13.9 Å². The van der Waals surface area contributed by atoms with E-state index in [1.807, 2.05) is 49.4 Å². The molecule has 0 aliphatic rings. The fourth-order valence-electron chi connectivity index (χ4n) is 2.42. The number of rotatable bonds is 6. The van der Waals surface area contributed by atoms with E-state index in [-0.39, 0.29) is 5.91 Å². The van der Waals surface area contributed by atoms with Crippen LogP contribution in [-0.2, 0) is 11.2 Å². The number of hydrogen-bond acceptors (Lipinski definition) is 4. The van der Waals surface area contributed by atoms with Crippen LogP contribution in [0.2, 0.25) is 0 Å². The summed E-state index contributed by atoms with van der Waals surface area (Å²) in [6.07, 6.45) is 2.44. The summed E-state index contributed by atoms with van der Waals surface area (Å²) in [5, 5.41) is 2.84. The van der Waals surface area contributed by atoms with Gasteiger partial charge in [0.1, 0.15) is 5.75 Å². The number of anilines is 1. The minimum Gasteiger partial charge on any atom is -0.497 e. The lowest BCUT2D eigenvalue weighted by Gasteiger charge is -2.06. The van der Waals surface area contributed by atoms with Crippen molar-refractivity contribution in [2.75, 3.05) is 12.4 Å². The van der Waals surface area contributed by atoms with Crippen molar-refractivity contribution in [1.29, 1.82) is 0 Å². The van der Waals surface area contributed by atoms with Gasteiger partial charge >= 0.3 is 0 Å². The molecule has 0 spiro atoms. The molecule has 0 saturated carbocycles. The molecule has 0 bridgehead atoms. The van der Waals surface area contributed by atoms with Crippen molar-refractivity contribution in [3.05, 3.63) is 66.2 Å². The van der Waals surface area contributed by atoms with Gasteiger partial charge in [-0.25, -0.2) is 4.98 Å². The predicted molar refractivity (Wildman–Crippen MR) is 96.6 cm³/mol. The third-order valence-electron chi connectivity index (χ3n) is 3.81. The Balaban J connectivity index is 1.56. The summed E-state index contributed by atoms with van der Waals surface area (Å²) in [4.78, 5) is 16.3. The van der Waals surface area contributed by atoms with E-state index in [4.69, 9.17) is 9.15 Å². The van der Waals surface area contributed by atoms with Crippen molar-refractivity contribution in [2.24, 2.45) is 0 Å². The van der Waals surface area contributed by atoms with Crippen molar-refractivity contribution in [3.63, 3.8) is 0 Å². The number of carbonyl (C=O) groups is 1. The number of carbonyl (C=O) groups excluding carboxylic acids is 1. The first-order valence-corrected chi connectivity index (χ1v) is 8.10. The Labute approximate surface area is 146 Å². The van der Waals surface area contributed by atoms with E-state index in [1.165, 1.54) is 5.56 Å². The Kier molecular flexibility index (Phi) is 5.14. The van der Waals surface area contributed by atoms with Gasteiger partial charge < -0.3 is 14.5 Å². The first-order valence-electron chi connectivity index (χ1n) is 8.10. The normalized spacial score (nSPS) is 10.5. The van der Waals surface area contributed by atoms with E-state index in [1.54, 1.807) is 19.4 Å². The van der Waals surface area contributed by atoms with Gasteiger partial charge in [-0.05, 0) is 19.1 Å². The SMILES string of the molecule is COc1cccc(NC(=O)CCc2ncc(-c3ccc(C)cc3)o2)c1. The number of methoxy groups -OCH3 is 1. The lowest BCUT2D eigenvalue weighted by Crippen LogP contribution is -2.12. The monoisotopic (exact) mass is 336 g/mol. The van der Waals surface area contributed by atoms with E-state index >= 15 is 0 Å². The van der Waals surface area contributed by atoms with Gasteiger partial charge in [-0.2, -0.15) is 0 Å². The fourth-order valence-corrected chi connectivity index (χ4v) is 2.42. The summed E-state index contributed by atoms with van der Waals surface area (Å²) in [7, 11) is 1.59. The van der Waals surface area contributed by atoms with Crippen molar-refractivity contribution >= 4 is 11.6 Å². The van der Waals surface area contributed by atoms with Crippen molar-refractivity contribution in [3.8, 4) is 17.1 Å². The summed E-state index contributed by atoms with van der Waals surface area (Å²) >= 11 is 0. The number of hydrogen-bond donors (Lipinski definition) is 1. The highest BCUT2D eigenvalue weighted by Crippen LogP contribution is 2.21. The zero-order chi connectivity index (χ0) is 17.6. The third-order valence-corrected chi connectivity index (χ3v) is 3.81. The molecule has 128 valence electrons. The number of amides is 1. The van der Waals surface area contributed by atoms with Crippen LogP contribution in [0, 0.1) is 6.92 Å². The Bertz CT molecular complexity index is 853. The topological polar surface area (TPSA) is 64.4 Å². The van der Waals surface area contributed by atoms with Crippen LogP contribution in [0.5, 0.6) is 5.75 Å². The first kappa shape index (κ1) is 16.8. The molecule has 1 N–H and O–H groups in total. The lowest BCUT2D eigenvalue weighted by molar-refractivity contribution is -0.116. The molecule has 1 amide bonds. The van der Waals surface area contributed by atoms with Crippen LogP contribution >= 0.6 is 0 Å². The van der Waals surface area contributed by atoms with Crippen LogP contribution in [0.3, 0.4) is 0 Å². The zero-order valence-corrected chi connectivity index (χ0v) is 14.3. The molecule has 0 aliphatic carbocycles. The molecule has 0 unspecified atom stereocenters. The summed E-state index contributed by atoms with van der Waals surface area (Å²) in [5.41, 5.74) is 2.87. The molecule has 0 saturated heterocycles. The van der Waals surface area contributed by atoms with Crippen LogP contribution in [0.4, 0.5) is 5.69 Å². The Morgan fingerprint density at radius 3 is 2.76 bits per heavy atom. The summed E-state index contributed by atoms with van der Waals surface area (Å²) < 4.78 is 10.9. The molecule has 1 aromatic heterocycles. The van der Waals surface area contributed by atoms with Gasteiger partial charge in [0, 0.05) is 30.2 Å². The van der Waals surface area contributed by atoms with Gasteiger partial charge in [0.05, 0.1) is 13.3 Å². The van der Waals surface area contributed by atoms with Gasteiger partial charge in [-0.1, -0.05) is 35.9 Å². The molecule has 5 nitrogen and oxygen atoms in total. The number of aryl methyl sites for hydroxylation is 2. The number of ether oxygens (including phenoxy) is 1. The van der Waals surface area contributed by atoms with Crippen LogP contribution in [0.1, 0.15) is 17.9 Å². The second-order valence-electron chi connectivity index (χ2n) is 5.76. The molecule has 5 heteroatoms. The molecule has 0 aliphatic heterocycles. The maximum Gasteiger partial charge on any atom is 0.224 e. The quantitative estimate of drug-likeness (QED) is 0.731. The van der Waals surface area contributed by atoms with E-state index in [9.17, 15) is 4.79 Å². The summed E-state index contributed by atoms with van der Waals surface area (Å²) in [6.45, 7) is 2.04. The minimum atomic E-state index is -0.0941. The van der Waals surface area contributed by atoms with Crippen LogP contribution < -0.4 is 10.1 Å². The second kappa shape index (κ2) is 7.66. The molecular formula is C20H20N2O3. The Morgan fingerprint density at radius 2 is 2.00 bits per heavy atom. The highest BCUT2D eigenvalue weighted by Gasteiger charge is 2.09. The molecule has 3 aromatic rings. The maximum atomic E-state index is 12.1. The van der Waals surface area contributed by atoms with Crippen molar-refractivity contribution in [2.45, 2.75) is 19.8 Å². The Morgan fingerprint density at radius 1 is 1.20 bits per heavy atom. The number of benzene rings is 2. The summed E-state index contributed by atoms with van der Waals surface area (Å²) in [5.74, 6) is 1.87. The number of nitrogens with zero attached hydrogens (tertiary/aromatic N) is 1. The lowest BCUT2D eigenvalue weighted by atomic mass is 10.1. The maximum absolute atomic E-state index is 12.1. The molecule has 1 heterocycles. The van der Waals surface area contributed by atoms with Crippen LogP contribution in [0.25, 0.3) is 11.3 Å². The Hall–Kier alpha value is -3.08. The highest BCUT2D eigenvalue weighted by molar-refractivity contribution is 5.90. The average molecular weight is 336 g/mol. The third kappa shape index (κ3) is 4.47. The number of nitrogens with one attached hydrogen (secondary N) is 1. The molecule has 25 heavy (non-hydrogen) atoms. The largest absolute Gasteiger partial charge is 0.497 e. The van der Waals surface area contributed by atoms with Gasteiger partial charge in [0.15, 0.2) is 11.7 Å². The predicted octanol–water partition coefficient (Wildman–Crippen LogP) is 4.23. The molecule has 0 atom stereocenters. The average Bonchev–Trinajstić information content (AvgIpc) is 3.10. The first-order chi connectivity index (χ1) is 12.1. The summed E-state index contributed by atoms with van der Waals surface area (Å²) in [6, 6.07) is 15.3. The van der Waals surface area contributed by atoms with E-state index in [0.717, 1.165) is 5.56 Å². The minimum absolute atomic E-state index is 0.0941. The second-order valence-corrected chi connectivity index (χ2v) is 5.76. The molecule has 0 radical (unpaired) electrons. The molecule has 3 rings (SSSR count). The van der Waals surface area contributed by atoms with Gasteiger partial charge in [0.25, 0.3) is 0 Å². The van der Waals surface area contributed by atoms with Crippen LogP contribution in [-0.4, -0.2) is 18.0 Å². The molecule has 0 fully saturated rings. The zero-order valence-electron chi connectivity index (χ0n) is 14.3. The van der Waals surface area contributed by atoms with E-state index < -0.39 is 0 Å². The highest BCUT2D eigenvalue weighted by atomic mass is 16.5. The van der Waals surface area contributed by atoms with Gasteiger partial charge in [0.2, 0.25) is 5.91 Å². The van der Waals surface area contributed by atoms with Gasteiger partial charge in [-0.3, -0.25) is 4.79 Å². The van der Waals surface area contributed by atoms with E-state index in [2.05, 4.69) is 10.3 Å².